The predicted octanol–water partition coefficient (Wildman–Crippen LogP) is 2.49. The van der Waals surface area contributed by atoms with Gasteiger partial charge in [-0.05, 0) is 31.2 Å². The van der Waals surface area contributed by atoms with Gasteiger partial charge in [-0.25, -0.2) is 4.98 Å². The molecule has 0 amide bonds. The van der Waals surface area contributed by atoms with Crippen LogP contribution >= 0.6 is 0 Å². The van der Waals surface area contributed by atoms with Gasteiger partial charge in [0.05, 0.1) is 18.2 Å². The molecule has 4 nitrogen and oxygen atoms in total. The van der Waals surface area contributed by atoms with E-state index in [4.69, 9.17) is 9.68 Å². The van der Waals surface area contributed by atoms with Gasteiger partial charge in [0.1, 0.15) is 17.3 Å². The van der Waals surface area contributed by atoms with Gasteiger partial charge in [0.2, 0.25) is 0 Å². The highest BCUT2D eigenvalue weighted by Gasteiger charge is 2.06. The summed E-state index contributed by atoms with van der Waals surface area (Å²) in [4.78, 5) is 6.17. The third-order valence-electron chi connectivity index (χ3n) is 2.45. The van der Waals surface area contributed by atoms with Crippen molar-refractivity contribution in [2.24, 2.45) is 0 Å². The van der Waals surface area contributed by atoms with Crippen molar-refractivity contribution < 1.29 is 4.42 Å². The molecule has 0 radical (unpaired) electrons. The largest absolute Gasteiger partial charge is 0.464 e. The van der Waals surface area contributed by atoms with Gasteiger partial charge in [0.15, 0.2) is 0 Å². The number of hydrogen-bond donors (Lipinski definition) is 0. The van der Waals surface area contributed by atoms with Crippen LogP contribution in [0.25, 0.3) is 0 Å². The molecule has 2 rings (SSSR count). The van der Waals surface area contributed by atoms with Crippen LogP contribution < -0.4 is 4.90 Å². The molecule has 0 fully saturated rings. The van der Waals surface area contributed by atoms with Gasteiger partial charge in [-0.1, -0.05) is 0 Å². The molecule has 0 spiro atoms. The van der Waals surface area contributed by atoms with Crippen LogP contribution in [-0.4, -0.2) is 12.0 Å². The molecule has 0 aliphatic carbocycles. The zero-order chi connectivity index (χ0) is 12.3. The average molecular weight is 227 g/mol. The molecule has 2 aromatic heterocycles. The average Bonchev–Trinajstić information content (AvgIpc) is 2.75. The summed E-state index contributed by atoms with van der Waals surface area (Å²) in [7, 11) is 1.92. The summed E-state index contributed by atoms with van der Waals surface area (Å²) >= 11 is 0. The summed E-state index contributed by atoms with van der Waals surface area (Å²) in [5.74, 6) is 2.54. The first-order valence-corrected chi connectivity index (χ1v) is 5.31. The van der Waals surface area contributed by atoms with E-state index in [0.29, 0.717) is 12.1 Å². The summed E-state index contributed by atoms with van der Waals surface area (Å²) in [6, 6.07) is 9.43. The fourth-order valence-electron chi connectivity index (χ4n) is 1.58. The summed E-state index contributed by atoms with van der Waals surface area (Å²) < 4.78 is 5.50. The molecule has 0 saturated carbocycles. The lowest BCUT2D eigenvalue weighted by atomic mass is 10.3. The molecule has 0 unspecified atom stereocenters. The van der Waals surface area contributed by atoms with Crippen LogP contribution in [0.5, 0.6) is 0 Å². The van der Waals surface area contributed by atoms with E-state index in [1.54, 1.807) is 18.3 Å². The molecule has 17 heavy (non-hydrogen) atoms. The van der Waals surface area contributed by atoms with E-state index >= 15 is 0 Å². The van der Waals surface area contributed by atoms with Crippen LogP contribution in [0.2, 0.25) is 0 Å². The van der Waals surface area contributed by atoms with Gasteiger partial charge in [0, 0.05) is 13.2 Å². The number of nitrogens with zero attached hydrogens (tertiary/aromatic N) is 3. The van der Waals surface area contributed by atoms with Crippen LogP contribution in [0.4, 0.5) is 5.82 Å². The van der Waals surface area contributed by atoms with E-state index < -0.39 is 0 Å². The van der Waals surface area contributed by atoms with Crippen molar-refractivity contribution in [1.82, 2.24) is 4.98 Å². The molecule has 4 heteroatoms. The molecule has 86 valence electrons. The van der Waals surface area contributed by atoms with Crippen LogP contribution in [0, 0.1) is 18.3 Å². The Kier molecular flexibility index (Phi) is 3.10. The minimum absolute atomic E-state index is 0.609. The van der Waals surface area contributed by atoms with Crippen molar-refractivity contribution in [1.29, 1.82) is 5.26 Å². The van der Waals surface area contributed by atoms with Gasteiger partial charge in [-0.2, -0.15) is 5.26 Å². The maximum atomic E-state index is 8.82. The molecular weight excluding hydrogens is 214 g/mol. The number of furan rings is 1. The second-order valence-corrected chi connectivity index (χ2v) is 3.88. The monoisotopic (exact) mass is 227 g/mol. The van der Waals surface area contributed by atoms with Crippen LogP contribution in [0.15, 0.2) is 34.9 Å². The number of rotatable bonds is 3. The Hall–Kier alpha value is -2.28. The number of nitriles is 1. The Morgan fingerprint density at radius 1 is 1.41 bits per heavy atom. The molecule has 0 aliphatic heterocycles. The smallest absolute Gasteiger partial charge is 0.129 e. The molecule has 0 aromatic carbocycles. The van der Waals surface area contributed by atoms with Crippen LogP contribution in [0.3, 0.4) is 0 Å². The van der Waals surface area contributed by atoms with E-state index in [0.717, 1.165) is 17.3 Å². The summed E-state index contributed by atoms with van der Waals surface area (Å²) in [6.45, 7) is 2.55. The highest BCUT2D eigenvalue weighted by molar-refractivity contribution is 5.44. The zero-order valence-electron chi connectivity index (χ0n) is 9.84. The van der Waals surface area contributed by atoms with Crippen LogP contribution in [-0.2, 0) is 6.54 Å². The molecule has 0 bridgehead atoms. The van der Waals surface area contributed by atoms with E-state index in [2.05, 4.69) is 11.1 Å². The zero-order valence-corrected chi connectivity index (χ0v) is 9.84. The van der Waals surface area contributed by atoms with E-state index in [9.17, 15) is 0 Å². The quantitative estimate of drug-likeness (QED) is 0.808. The van der Waals surface area contributed by atoms with Crippen molar-refractivity contribution in [2.75, 3.05) is 11.9 Å². The third kappa shape index (κ3) is 2.64. The van der Waals surface area contributed by atoms with Gasteiger partial charge < -0.3 is 9.32 Å². The van der Waals surface area contributed by atoms with Crippen molar-refractivity contribution in [3.05, 3.63) is 47.5 Å². The first kappa shape index (κ1) is 11.2. The van der Waals surface area contributed by atoms with E-state index in [-0.39, 0.29) is 0 Å². The third-order valence-corrected chi connectivity index (χ3v) is 2.45. The van der Waals surface area contributed by atoms with Gasteiger partial charge in [0.25, 0.3) is 0 Å². The Morgan fingerprint density at radius 2 is 2.24 bits per heavy atom. The standard InChI is InChI=1S/C13H13N3O/c1-10-3-4-12(17-10)9-16(2)13-7-11(8-14)5-6-15-13/h3-7H,9H2,1-2H3. The Balaban J connectivity index is 2.14. The minimum atomic E-state index is 0.609. The number of aryl methyl sites for hydroxylation is 1. The predicted molar refractivity (Wildman–Crippen MR) is 64.5 cm³/mol. The summed E-state index contributed by atoms with van der Waals surface area (Å²) in [5, 5.41) is 8.82. The number of anilines is 1. The highest BCUT2D eigenvalue weighted by Crippen LogP contribution is 2.15. The lowest BCUT2D eigenvalue weighted by Gasteiger charge is -2.16. The number of aromatic nitrogens is 1. The Labute approximate surface area is 100 Å². The molecule has 0 N–H and O–H groups in total. The van der Waals surface area contributed by atoms with Crippen molar-refractivity contribution in [3.8, 4) is 6.07 Å². The lowest BCUT2D eigenvalue weighted by Crippen LogP contribution is -2.17. The summed E-state index contributed by atoms with van der Waals surface area (Å²) in [6.07, 6.45) is 1.64. The first-order chi connectivity index (χ1) is 8.19. The normalized spacial score (nSPS) is 9.94. The fraction of sp³-hybridized carbons (Fsp3) is 0.231. The second-order valence-electron chi connectivity index (χ2n) is 3.88. The maximum absolute atomic E-state index is 8.82. The van der Waals surface area contributed by atoms with Gasteiger partial charge in [-0.15, -0.1) is 0 Å². The second kappa shape index (κ2) is 4.71. The Morgan fingerprint density at radius 3 is 2.88 bits per heavy atom. The number of hydrogen-bond acceptors (Lipinski definition) is 4. The lowest BCUT2D eigenvalue weighted by molar-refractivity contribution is 0.481. The van der Waals surface area contributed by atoms with Crippen molar-refractivity contribution in [3.63, 3.8) is 0 Å². The molecular formula is C13H13N3O. The summed E-state index contributed by atoms with van der Waals surface area (Å²) in [5.41, 5.74) is 0.609. The molecule has 2 heterocycles. The van der Waals surface area contributed by atoms with Gasteiger partial charge in [-0.3, -0.25) is 0 Å². The molecule has 0 aliphatic rings. The first-order valence-electron chi connectivity index (χ1n) is 5.31. The Bertz CT molecular complexity index is 554. The van der Waals surface area contributed by atoms with Crippen molar-refractivity contribution >= 4 is 5.82 Å². The van der Waals surface area contributed by atoms with E-state index in [1.165, 1.54) is 0 Å². The van der Waals surface area contributed by atoms with Crippen molar-refractivity contribution in [2.45, 2.75) is 13.5 Å². The highest BCUT2D eigenvalue weighted by atomic mass is 16.3. The SMILES string of the molecule is Cc1ccc(CN(C)c2cc(C#N)ccn2)o1. The minimum Gasteiger partial charge on any atom is -0.464 e. The van der Waals surface area contributed by atoms with Crippen LogP contribution in [0.1, 0.15) is 17.1 Å². The topological polar surface area (TPSA) is 53.1 Å². The van der Waals surface area contributed by atoms with E-state index in [1.807, 2.05) is 31.0 Å². The maximum Gasteiger partial charge on any atom is 0.129 e. The number of pyridine rings is 1. The molecule has 0 saturated heterocycles. The molecule has 2 aromatic rings. The molecule has 0 atom stereocenters. The fourth-order valence-corrected chi connectivity index (χ4v) is 1.58. The van der Waals surface area contributed by atoms with Gasteiger partial charge >= 0.3 is 0 Å².